The lowest BCUT2D eigenvalue weighted by molar-refractivity contribution is -0.167. The maximum Gasteiger partial charge on any atom is 0.306 e. The normalized spacial score (nSPS) is 13.1. The first kappa shape index (κ1) is 75.3. The van der Waals surface area contributed by atoms with Crippen LogP contribution in [0, 0.1) is 0 Å². The maximum atomic E-state index is 12.9. The van der Waals surface area contributed by atoms with E-state index in [1.165, 1.54) is 89.9 Å². The molecule has 0 fully saturated rings. The van der Waals surface area contributed by atoms with Gasteiger partial charge in [-0.2, -0.15) is 0 Å². The van der Waals surface area contributed by atoms with Crippen molar-refractivity contribution in [1.82, 2.24) is 0 Å². The van der Waals surface area contributed by atoms with Gasteiger partial charge in [-0.05, 0) is 135 Å². The Hall–Kier alpha value is -4.71. The van der Waals surface area contributed by atoms with Crippen LogP contribution < -0.4 is 0 Å². The van der Waals surface area contributed by atoms with Gasteiger partial charge in [-0.15, -0.1) is 0 Å². The van der Waals surface area contributed by atoms with E-state index in [0.717, 1.165) is 154 Å². The lowest BCUT2D eigenvalue weighted by Crippen LogP contribution is -2.30. The van der Waals surface area contributed by atoms with Gasteiger partial charge in [-0.25, -0.2) is 0 Å². The van der Waals surface area contributed by atoms with Crippen molar-refractivity contribution in [2.45, 2.75) is 290 Å². The van der Waals surface area contributed by atoms with Crippen molar-refractivity contribution in [3.63, 3.8) is 0 Å². The fourth-order valence-corrected chi connectivity index (χ4v) is 8.71. The molecule has 1 atom stereocenters. The molecule has 0 N–H and O–H groups in total. The number of unbranched alkanes of at least 4 members (excludes halogenated alkanes) is 23. The predicted octanol–water partition coefficient (Wildman–Crippen LogP) is 22.7. The van der Waals surface area contributed by atoms with Gasteiger partial charge in [-0.1, -0.05) is 276 Å². The smallest absolute Gasteiger partial charge is 0.306 e. The Balaban J connectivity index is 4.22. The number of hydrogen-bond donors (Lipinski definition) is 0. The average molecular weight is 1110 g/mol. The minimum Gasteiger partial charge on any atom is -0.462 e. The fraction of sp³-hybridized carbons (Fsp3) is 0.635. The average Bonchev–Trinajstić information content (AvgIpc) is 3.46. The highest BCUT2D eigenvalue weighted by Crippen LogP contribution is 2.16. The van der Waals surface area contributed by atoms with E-state index in [2.05, 4.69) is 167 Å². The number of allylic oxidation sites excluding steroid dienone is 24. The Morgan fingerprint density at radius 3 is 0.787 bits per heavy atom. The van der Waals surface area contributed by atoms with Crippen molar-refractivity contribution in [2.24, 2.45) is 0 Å². The van der Waals surface area contributed by atoms with Crippen molar-refractivity contribution >= 4 is 17.9 Å². The van der Waals surface area contributed by atoms with E-state index in [1.807, 2.05) is 0 Å². The van der Waals surface area contributed by atoms with Gasteiger partial charge in [-0.3, -0.25) is 14.4 Å². The van der Waals surface area contributed by atoms with Gasteiger partial charge in [0.25, 0.3) is 0 Å². The third-order valence-corrected chi connectivity index (χ3v) is 13.5. The lowest BCUT2D eigenvalue weighted by Gasteiger charge is -2.18. The number of rotatable bonds is 58. The molecule has 0 aliphatic carbocycles. The summed E-state index contributed by atoms with van der Waals surface area (Å²) < 4.78 is 16.9. The molecule has 0 spiro atoms. The van der Waals surface area contributed by atoms with Crippen LogP contribution in [-0.2, 0) is 28.6 Å². The largest absolute Gasteiger partial charge is 0.462 e. The molecule has 0 saturated heterocycles. The fourth-order valence-electron chi connectivity index (χ4n) is 8.71. The first-order valence-corrected chi connectivity index (χ1v) is 32.8. The van der Waals surface area contributed by atoms with Gasteiger partial charge in [0, 0.05) is 19.3 Å². The zero-order chi connectivity index (χ0) is 57.8. The second kappa shape index (κ2) is 66.8. The molecule has 0 aliphatic rings. The summed E-state index contributed by atoms with van der Waals surface area (Å²) in [5, 5.41) is 0. The second-order valence-electron chi connectivity index (χ2n) is 21.3. The van der Waals surface area contributed by atoms with Crippen LogP contribution in [0.2, 0.25) is 0 Å². The summed E-state index contributed by atoms with van der Waals surface area (Å²) in [5.41, 5.74) is 0. The Bertz CT molecular complexity index is 1750. The molecular formula is C74H120O6. The van der Waals surface area contributed by atoms with Gasteiger partial charge in [0.05, 0.1) is 0 Å². The van der Waals surface area contributed by atoms with Crippen molar-refractivity contribution in [1.29, 1.82) is 0 Å². The Morgan fingerprint density at radius 1 is 0.263 bits per heavy atom. The van der Waals surface area contributed by atoms with Crippen molar-refractivity contribution in [3.05, 3.63) is 146 Å². The molecule has 0 radical (unpaired) electrons. The molecule has 452 valence electrons. The van der Waals surface area contributed by atoms with E-state index in [-0.39, 0.29) is 37.5 Å². The molecule has 0 aliphatic heterocycles. The highest BCUT2D eigenvalue weighted by Gasteiger charge is 2.19. The molecule has 6 heteroatoms. The molecule has 0 aromatic heterocycles. The zero-order valence-electron chi connectivity index (χ0n) is 51.8. The first-order valence-electron chi connectivity index (χ1n) is 32.8. The molecule has 0 rings (SSSR count). The minimum atomic E-state index is -0.804. The van der Waals surface area contributed by atoms with Crippen LogP contribution in [0.1, 0.15) is 284 Å². The van der Waals surface area contributed by atoms with Gasteiger partial charge in [0.1, 0.15) is 13.2 Å². The van der Waals surface area contributed by atoms with E-state index in [9.17, 15) is 14.4 Å². The summed E-state index contributed by atoms with van der Waals surface area (Å²) in [5.74, 6) is -0.941. The van der Waals surface area contributed by atoms with E-state index >= 15 is 0 Å². The number of carbonyl (C=O) groups is 3. The highest BCUT2D eigenvalue weighted by atomic mass is 16.6. The SMILES string of the molecule is CC/C=C\C/C=C\C/C=C\C/C=C\C/C=C\C/C=C\CCCCCCCCCCCCCCCCC(=O)OCC(COC(=O)CCCCCCC/C=C\CCC)OC(=O)CCCCC/C=C\C/C=C\C/C=C\C/C=C\C/C=C\CC. The molecule has 6 nitrogen and oxygen atoms in total. The summed E-state index contributed by atoms with van der Waals surface area (Å²) >= 11 is 0. The van der Waals surface area contributed by atoms with Crippen molar-refractivity contribution in [2.75, 3.05) is 13.2 Å². The highest BCUT2D eigenvalue weighted by molar-refractivity contribution is 5.71. The van der Waals surface area contributed by atoms with Crippen LogP contribution in [0.25, 0.3) is 0 Å². The van der Waals surface area contributed by atoms with Gasteiger partial charge in [0.15, 0.2) is 6.10 Å². The molecule has 1 unspecified atom stereocenters. The predicted molar refractivity (Wildman–Crippen MR) is 348 cm³/mol. The minimum absolute atomic E-state index is 0.0975. The van der Waals surface area contributed by atoms with Crippen LogP contribution >= 0.6 is 0 Å². The monoisotopic (exact) mass is 1100 g/mol. The number of hydrogen-bond acceptors (Lipinski definition) is 6. The number of esters is 3. The Labute approximate surface area is 493 Å². The Kier molecular flexibility index (Phi) is 62.9. The zero-order valence-corrected chi connectivity index (χ0v) is 51.8. The van der Waals surface area contributed by atoms with E-state index in [0.29, 0.717) is 12.8 Å². The van der Waals surface area contributed by atoms with Gasteiger partial charge >= 0.3 is 17.9 Å². The Morgan fingerprint density at radius 2 is 0.487 bits per heavy atom. The summed E-state index contributed by atoms with van der Waals surface area (Å²) in [6.45, 7) is 6.32. The van der Waals surface area contributed by atoms with Crippen LogP contribution in [0.5, 0.6) is 0 Å². The topological polar surface area (TPSA) is 78.9 Å². The molecule has 0 saturated carbocycles. The number of carbonyl (C=O) groups excluding carboxylic acids is 3. The molecule has 80 heavy (non-hydrogen) atoms. The van der Waals surface area contributed by atoms with Crippen LogP contribution in [0.4, 0.5) is 0 Å². The molecule has 0 amide bonds. The van der Waals surface area contributed by atoms with Crippen LogP contribution in [0.15, 0.2) is 146 Å². The van der Waals surface area contributed by atoms with Crippen LogP contribution in [-0.4, -0.2) is 37.2 Å². The molecule has 0 bridgehead atoms. The summed E-state index contributed by atoms with van der Waals surface area (Å²) in [7, 11) is 0. The van der Waals surface area contributed by atoms with E-state index in [4.69, 9.17) is 14.2 Å². The lowest BCUT2D eigenvalue weighted by atomic mass is 10.0. The third kappa shape index (κ3) is 64.1. The third-order valence-electron chi connectivity index (χ3n) is 13.5. The summed E-state index contributed by atoms with van der Waals surface area (Å²) in [6.07, 6.45) is 95.9. The molecule has 0 aromatic rings. The second-order valence-corrected chi connectivity index (χ2v) is 21.3. The molecular weight excluding hydrogens is 985 g/mol. The van der Waals surface area contributed by atoms with Gasteiger partial charge in [0.2, 0.25) is 0 Å². The van der Waals surface area contributed by atoms with E-state index in [1.54, 1.807) is 0 Å². The van der Waals surface area contributed by atoms with Crippen molar-refractivity contribution in [3.8, 4) is 0 Å². The summed E-state index contributed by atoms with van der Waals surface area (Å²) in [4.78, 5) is 38.2. The molecule has 0 aromatic carbocycles. The summed E-state index contributed by atoms with van der Waals surface area (Å²) in [6, 6.07) is 0. The number of ether oxygens (including phenoxy) is 3. The van der Waals surface area contributed by atoms with Gasteiger partial charge < -0.3 is 14.2 Å². The molecule has 0 heterocycles. The quantitative estimate of drug-likeness (QED) is 0.0261. The van der Waals surface area contributed by atoms with E-state index < -0.39 is 6.10 Å². The van der Waals surface area contributed by atoms with Crippen molar-refractivity contribution < 1.29 is 28.6 Å². The maximum absolute atomic E-state index is 12.9. The standard InChI is InChI=1S/C74H120O6/c1-4-7-10-13-16-19-22-24-26-28-30-31-32-33-34-35-36-37-38-39-40-41-42-43-45-46-48-50-52-55-58-61-64-67-73(76)79-70-71(69-78-72(75)66-63-60-57-54-21-18-15-12-9-6-3)80-74(77)68-65-62-59-56-53-51-49-47-44-29-27-25-23-20-17-14-11-8-5-2/h7-8,10-12,15-17,19-20,24-27,30-31,33-34,36-37,44,47,51,53,71H,4-6,9,13-14,18,21-23,28-29,32,35,38-43,45-46,48-50,52,54-70H2,1-3H3/b10-7-,11-8-,15-12-,19-16-,20-17-,26-24-,27-25-,31-30-,34-33-,37-36-,47-44-,53-51-. The first-order chi connectivity index (χ1) is 39.5. The van der Waals surface area contributed by atoms with Crippen LogP contribution in [0.3, 0.4) is 0 Å².